The van der Waals surface area contributed by atoms with E-state index in [0.29, 0.717) is 0 Å². The monoisotopic (exact) mass is 274 g/mol. The Morgan fingerprint density at radius 3 is 2.89 bits per heavy atom. The molecule has 3 rings (SSSR count). The smallest absolute Gasteiger partial charge is 0.230 e. The molecule has 0 bridgehead atoms. The summed E-state index contributed by atoms with van der Waals surface area (Å²) < 4.78 is 1.26. The van der Waals surface area contributed by atoms with E-state index < -0.39 is 0 Å². The Balaban J connectivity index is 1.78. The lowest BCUT2D eigenvalue weighted by Gasteiger charge is -2.32. The summed E-state index contributed by atoms with van der Waals surface area (Å²) in [5.74, 6) is 0.142. The van der Waals surface area contributed by atoms with Crippen LogP contribution in [0.15, 0.2) is 29.6 Å². The first-order chi connectivity index (χ1) is 9.17. The average molecular weight is 274 g/mol. The quantitative estimate of drug-likeness (QED) is 0.882. The molecule has 1 amide bonds. The van der Waals surface area contributed by atoms with Crippen LogP contribution in [0.25, 0.3) is 10.1 Å². The van der Waals surface area contributed by atoms with E-state index in [9.17, 15) is 4.79 Å². The lowest BCUT2D eigenvalue weighted by molar-refractivity contribution is -0.126. The number of rotatable bonds is 2. The van der Waals surface area contributed by atoms with E-state index >= 15 is 0 Å². The number of benzene rings is 1. The van der Waals surface area contributed by atoms with Crippen molar-refractivity contribution in [2.24, 2.45) is 5.41 Å². The van der Waals surface area contributed by atoms with Gasteiger partial charge < -0.3 is 10.6 Å². The van der Waals surface area contributed by atoms with E-state index in [1.54, 1.807) is 11.3 Å². The van der Waals surface area contributed by atoms with Gasteiger partial charge in [-0.3, -0.25) is 4.79 Å². The molecule has 0 unspecified atom stereocenters. The van der Waals surface area contributed by atoms with Crippen molar-refractivity contribution in [1.29, 1.82) is 0 Å². The van der Waals surface area contributed by atoms with Crippen LogP contribution in [0.1, 0.15) is 19.8 Å². The van der Waals surface area contributed by atoms with Crippen molar-refractivity contribution >= 4 is 33.0 Å². The summed E-state index contributed by atoms with van der Waals surface area (Å²) in [5.41, 5.74) is 0.658. The zero-order valence-electron chi connectivity index (χ0n) is 11.0. The summed E-state index contributed by atoms with van der Waals surface area (Å²) in [4.78, 5) is 12.4. The molecule has 1 aromatic carbocycles. The van der Waals surface area contributed by atoms with Crippen molar-refractivity contribution in [2.75, 3.05) is 18.4 Å². The normalized spacial score (nSPS) is 18.4. The lowest BCUT2D eigenvalue weighted by atomic mass is 9.80. The predicted molar refractivity (Wildman–Crippen MR) is 80.7 cm³/mol. The third kappa shape index (κ3) is 2.51. The van der Waals surface area contributed by atoms with Crippen LogP contribution in [0, 0.1) is 5.41 Å². The summed E-state index contributed by atoms with van der Waals surface area (Å²) in [6.45, 7) is 3.91. The Bertz CT molecular complexity index is 599. The van der Waals surface area contributed by atoms with E-state index in [1.807, 2.05) is 12.1 Å². The van der Waals surface area contributed by atoms with Gasteiger partial charge in [-0.25, -0.2) is 0 Å². The summed E-state index contributed by atoms with van der Waals surface area (Å²) in [5, 5.41) is 9.64. The number of nitrogens with one attached hydrogen (secondary N) is 2. The maximum absolute atomic E-state index is 12.4. The number of fused-ring (bicyclic) bond motifs is 1. The number of thiophene rings is 1. The Kier molecular flexibility index (Phi) is 3.29. The molecule has 2 heterocycles. The van der Waals surface area contributed by atoms with E-state index in [1.165, 1.54) is 10.1 Å². The highest BCUT2D eigenvalue weighted by molar-refractivity contribution is 7.17. The van der Waals surface area contributed by atoms with Gasteiger partial charge in [0.15, 0.2) is 0 Å². The third-order valence-corrected chi connectivity index (χ3v) is 4.86. The zero-order valence-corrected chi connectivity index (χ0v) is 11.8. The van der Waals surface area contributed by atoms with Gasteiger partial charge >= 0.3 is 0 Å². The number of carbonyl (C=O) groups is 1. The van der Waals surface area contributed by atoms with Crippen molar-refractivity contribution in [1.82, 2.24) is 5.32 Å². The van der Waals surface area contributed by atoms with Gasteiger partial charge in [-0.05, 0) is 61.0 Å². The van der Waals surface area contributed by atoms with Gasteiger partial charge in [0, 0.05) is 15.8 Å². The second kappa shape index (κ2) is 4.94. The molecular formula is C15H18N2OS. The lowest BCUT2D eigenvalue weighted by Crippen LogP contribution is -2.42. The van der Waals surface area contributed by atoms with Crippen molar-refractivity contribution < 1.29 is 4.79 Å². The van der Waals surface area contributed by atoms with Gasteiger partial charge in [0.05, 0.1) is 0 Å². The van der Waals surface area contributed by atoms with Crippen LogP contribution >= 0.6 is 11.3 Å². The molecule has 2 N–H and O–H groups in total. The molecule has 0 aliphatic carbocycles. The Labute approximate surface area is 117 Å². The molecule has 1 aromatic heterocycles. The van der Waals surface area contributed by atoms with Crippen molar-refractivity contribution in [2.45, 2.75) is 19.8 Å². The fourth-order valence-electron chi connectivity index (χ4n) is 2.53. The fraction of sp³-hybridized carbons (Fsp3) is 0.400. The fourth-order valence-corrected chi connectivity index (χ4v) is 3.30. The SMILES string of the molecule is CC1(C(=O)Nc2ccc3sccc3c2)CCNCC1. The highest BCUT2D eigenvalue weighted by Gasteiger charge is 2.34. The minimum absolute atomic E-state index is 0.142. The molecule has 100 valence electrons. The van der Waals surface area contributed by atoms with Crippen molar-refractivity contribution in [3.05, 3.63) is 29.6 Å². The third-order valence-electron chi connectivity index (χ3n) is 3.97. The maximum Gasteiger partial charge on any atom is 0.230 e. The van der Waals surface area contributed by atoms with E-state index in [0.717, 1.165) is 31.6 Å². The predicted octanol–water partition coefficient (Wildman–Crippen LogP) is 3.23. The van der Waals surface area contributed by atoms with Gasteiger partial charge in [0.1, 0.15) is 0 Å². The minimum atomic E-state index is -0.241. The molecule has 0 atom stereocenters. The molecule has 0 radical (unpaired) electrons. The van der Waals surface area contributed by atoms with Crippen LogP contribution in [-0.2, 0) is 4.79 Å². The molecule has 19 heavy (non-hydrogen) atoms. The Morgan fingerprint density at radius 1 is 1.32 bits per heavy atom. The van der Waals surface area contributed by atoms with Gasteiger partial charge in [-0.1, -0.05) is 6.92 Å². The largest absolute Gasteiger partial charge is 0.326 e. The Hall–Kier alpha value is -1.39. The van der Waals surface area contributed by atoms with Crippen LogP contribution in [-0.4, -0.2) is 19.0 Å². The van der Waals surface area contributed by atoms with E-state index in [-0.39, 0.29) is 11.3 Å². The number of piperidine rings is 1. The highest BCUT2D eigenvalue weighted by atomic mass is 32.1. The molecule has 1 aliphatic heterocycles. The number of anilines is 1. The first-order valence-corrected chi connectivity index (χ1v) is 7.55. The number of carbonyl (C=O) groups excluding carboxylic acids is 1. The molecule has 4 heteroatoms. The van der Waals surface area contributed by atoms with Gasteiger partial charge in [0.2, 0.25) is 5.91 Å². The molecule has 0 spiro atoms. The van der Waals surface area contributed by atoms with Crippen LogP contribution in [0.4, 0.5) is 5.69 Å². The first-order valence-electron chi connectivity index (χ1n) is 6.67. The Morgan fingerprint density at radius 2 is 2.11 bits per heavy atom. The topological polar surface area (TPSA) is 41.1 Å². The average Bonchev–Trinajstić information content (AvgIpc) is 2.87. The van der Waals surface area contributed by atoms with Crippen LogP contribution in [0.5, 0.6) is 0 Å². The van der Waals surface area contributed by atoms with Crippen molar-refractivity contribution in [3.63, 3.8) is 0 Å². The second-order valence-corrected chi connectivity index (χ2v) is 6.39. The molecule has 3 nitrogen and oxygen atoms in total. The maximum atomic E-state index is 12.4. The van der Waals surface area contributed by atoms with E-state index in [2.05, 4.69) is 35.1 Å². The van der Waals surface area contributed by atoms with E-state index in [4.69, 9.17) is 0 Å². The summed E-state index contributed by atoms with van der Waals surface area (Å²) in [6, 6.07) is 8.19. The van der Waals surface area contributed by atoms with Gasteiger partial charge in [-0.15, -0.1) is 11.3 Å². The summed E-state index contributed by atoms with van der Waals surface area (Å²) in [7, 11) is 0. The van der Waals surface area contributed by atoms with Crippen molar-refractivity contribution in [3.8, 4) is 0 Å². The molecular weight excluding hydrogens is 256 g/mol. The minimum Gasteiger partial charge on any atom is -0.326 e. The van der Waals surface area contributed by atoms with Gasteiger partial charge in [-0.2, -0.15) is 0 Å². The first kappa shape index (κ1) is 12.6. The number of hydrogen-bond acceptors (Lipinski definition) is 3. The molecule has 1 fully saturated rings. The van der Waals surface area contributed by atoms with Crippen LogP contribution in [0.2, 0.25) is 0 Å². The summed E-state index contributed by atoms with van der Waals surface area (Å²) in [6.07, 6.45) is 1.80. The van der Waals surface area contributed by atoms with Gasteiger partial charge in [0.25, 0.3) is 0 Å². The highest BCUT2D eigenvalue weighted by Crippen LogP contribution is 2.30. The van der Waals surface area contributed by atoms with Crippen LogP contribution in [0.3, 0.4) is 0 Å². The molecule has 1 aliphatic rings. The second-order valence-electron chi connectivity index (χ2n) is 5.44. The number of hydrogen-bond donors (Lipinski definition) is 2. The van der Waals surface area contributed by atoms with Crippen LogP contribution < -0.4 is 10.6 Å². The zero-order chi connectivity index (χ0) is 13.3. The summed E-state index contributed by atoms with van der Waals surface area (Å²) >= 11 is 1.72. The molecule has 0 saturated carbocycles. The molecule has 1 saturated heterocycles. The standard InChI is InChI=1S/C15H18N2OS/c1-15(5-7-16-8-6-15)14(18)17-12-2-3-13-11(10-12)4-9-19-13/h2-4,9-10,16H,5-8H2,1H3,(H,17,18). The number of amides is 1. The molecule has 2 aromatic rings.